The molecule has 1 aromatic rings. The minimum atomic E-state index is -0.0452. The normalized spacial score (nSPS) is 11.7. The van der Waals surface area contributed by atoms with Crippen molar-refractivity contribution in [3.05, 3.63) is 28.8 Å². The molecule has 3 nitrogen and oxygen atoms in total. The average Bonchev–Trinajstić information content (AvgIpc) is 2.34. The fourth-order valence-corrected chi connectivity index (χ4v) is 2.08. The monoisotopic (exact) mass is 264 g/mol. The van der Waals surface area contributed by atoms with Crippen LogP contribution in [-0.4, -0.2) is 18.9 Å². The summed E-state index contributed by atoms with van der Waals surface area (Å²) in [5.74, 6) is -0.0869. The molecule has 0 bridgehead atoms. The second-order valence-electron chi connectivity index (χ2n) is 4.29. The van der Waals surface area contributed by atoms with Gasteiger partial charge in [-0.3, -0.25) is 4.79 Å². The van der Waals surface area contributed by atoms with E-state index in [0.717, 1.165) is 12.2 Å². The van der Waals surface area contributed by atoms with Crippen molar-refractivity contribution in [2.24, 2.45) is 5.92 Å². The number of anilines is 1. The van der Waals surface area contributed by atoms with Crippen molar-refractivity contribution in [1.82, 2.24) is 0 Å². The minimum Gasteiger partial charge on any atom is -0.370 e. The highest BCUT2D eigenvalue weighted by atomic mass is 35.5. The Morgan fingerprint density at radius 2 is 2.22 bits per heavy atom. The number of nitrogens with zero attached hydrogens (tertiary/aromatic N) is 2. The molecule has 0 aliphatic rings. The zero-order chi connectivity index (χ0) is 13.7. The lowest BCUT2D eigenvalue weighted by atomic mass is 10.1. The number of carbonyl (C=O) groups excluding carboxylic acids is 1. The van der Waals surface area contributed by atoms with Gasteiger partial charge in [0.1, 0.15) is 0 Å². The molecular weight excluding hydrogens is 248 g/mol. The molecule has 0 spiro atoms. The van der Waals surface area contributed by atoms with Crippen LogP contribution >= 0.6 is 11.6 Å². The lowest BCUT2D eigenvalue weighted by Gasteiger charge is -2.24. The number of hydrogen-bond donors (Lipinski definition) is 0. The molecule has 0 saturated carbocycles. The molecule has 0 aliphatic carbocycles. The van der Waals surface area contributed by atoms with Gasteiger partial charge in [-0.2, -0.15) is 5.26 Å². The third-order valence-corrected chi connectivity index (χ3v) is 3.11. The van der Waals surface area contributed by atoms with E-state index in [1.54, 1.807) is 12.1 Å². The van der Waals surface area contributed by atoms with Gasteiger partial charge in [-0.1, -0.05) is 11.6 Å². The van der Waals surface area contributed by atoms with Crippen molar-refractivity contribution >= 4 is 23.1 Å². The first-order valence-corrected chi connectivity index (χ1v) is 6.32. The van der Waals surface area contributed by atoms with Gasteiger partial charge in [-0.25, -0.2) is 0 Å². The Kier molecular flexibility index (Phi) is 5.18. The molecule has 1 rings (SSSR count). The fraction of sp³-hybridized carbons (Fsp3) is 0.429. The summed E-state index contributed by atoms with van der Waals surface area (Å²) >= 11 is 6.08. The van der Waals surface area contributed by atoms with Crippen molar-refractivity contribution < 1.29 is 4.79 Å². The Balaban J connectivity index is 2.98. The zero-order valence-corrected chi connectivity index (χ0v) is 11.7. The molecule has 96 valence electrons. The van der Waals surface area contributed by atoms with Crippen LogP contribution in [0, 0.1) is 17.2 Å². The van der Waals surface area contributed by atoms with Crippen LogP contribution in [0.5, 0.6) is 0 Å². The summed E-state index contributed by atoms with van der Waals surface area (Å²) < 4.78 is 0. The molecule has 0 N–H and O–H groups in total. The van der Waals surface area contributed by atoms with Crippen LogP contribution in [0.3, 0.4) is 0 Å². The molecule has 1 unspecified atom stereocenters. The number of carbonyl (C=O) groups is 1. The van der Waals surface area contributed by atoms with Gasteiger partial charge in [0.2, 0.25) is 0 Å². The van der Waals surface area contributed by atoms with E-state index in [4.69, 9.17) is 16.9 Å². The minimum absolute atomic E-state index is 0.0417. The van der Waals surface area contributed by atoms with Crippen molar-refractivity contribution in [3.63, 3.8) is 0 Å². The Labute approximate surface area is 113 Å². The number of benzene rings is 1. The van der Waals surface area contributed by atoms with Crippen LogP contribution < -0.4 is 4.90 Å². The molecule has 0 saturated heterocycles. The van der Waals surface area contributed by atoms with Crippen LogP contribution in [0.1, 0.15) is 31.1 Å². The highest BCUT2D eigenvalue weighted by Crippen LogP contribution is 2.24. The highest BCUT2D eigenvalue weighted by Gasteiger charge is 2.12. The topological polar surface area (TPSA) is 44.1 Å². The second-order valence-corrected chi connectivity index (χ2v) is 4.70. The lowest BCUT2D eigenvalue weighted by Crippen LogP contribution is -2.27. The Hall–Kier alpha value is -1.53. The van der Waals surface area contributed by atoms with E-state index in [0.29, 0.717) is 17.1 Å². The van der Waals surface area contributed by atoms with Crippen LogP contribution in [0.2, 0.25) is 5.02 Å². The number of nitriles is 1. The summed E-state index contributed by atoms with van der Waals surface area (Å²) in [6.45, 7) is 6.85. The number of halogens is 1. The zero-order valence-electron chi connectivity index (χ0n) is 10.9. The first-order chi connectivity index (χ1) is 8.49. The Bertz CT molecular complexity index is 479. The van der Waals surface area contributed by atoms with Crippen LogP contribution in [0.4, 0.5) is 5.69 Å². The van der Waals surface area contributed by atoms with Gasteiger partial charge in [0.15, 0.2) is 5.78 Å². The van der Waals surface area contributed by atoms with E-state index in [-0.39, 0.29) is 11.7 Å². The molecule has 18 heavy (non-hydrogen) atoms. The maximum Gasteiger partial charge on any atom is 0.161 e. The van der Waals surface area contributed by atoms with Gasteiger partial charge in [0, 0.05) is 24.3 Å². The predicted octanol–water partition coefficient (Wildman–Crippen LogP) is 3.53. The third-order valence-electron chi connectivity index (χ3n) is 2.79. The standard InChI is InChI=1S/C14H17ClN2O/c1-4-17(9-10(2)8-16)12-5-6-13(11(3)18)14(15)7-12/h5-7,10H,4,9H2,1-3H3. The van der Waals surface area contributed by atoms with E-state index in [9.17, 15) is 4.79 Å². The molecule has 1 atom stereocenters. The summed E-state index contributed by atoms with van der Waals surface area (Å²) in [5, 5.41) is 9.31. The van der Waals surface area contributed by atoms with Gasteiger partial charge in [0.25, 0.3) is 0 Å². The van der Waals surface area contributed by atoms with Gasteiger partial charge in [0.05, 0.1) is 17.0 Å². The Morgan fingerprint density at radius 3 is 2.67 bits per heavy atom. The molecule has 0 radical (unpaired) electrons. The van der Waals surface area contributed by atoms with Crippen molar-refractivity contribution in [3.8, 4) is 6.07 Å². The summed E-state index contributed by atoms with van der Waals surface area (Å²) in [6, 6.07) is 7.61. The smallest absolute Gasteiger partial charge is 0.161 e. The fourth-order valence-electron chi connectivity index (χ4n) is 1.77. The van der Waals surface area contributed by atoms with Crippen LogP contribution in [0.15, 0.2) is 18.2 Å². The van der Waals surface area contributed by atoms with E-state index < -0.39 is 0 Å². The van der Waals surface area contributed by atoms with Gasteiger partial charge < -0.3 is 4.90 Å². The van der Waals surface area contributed by atoms with Gasteiger partial charge >= 0.3 is 0 Å². The summed E-state index contributed by atoms with van der Waals surface area (Å²) in [6.07, 6.45) is 0. The van der Waals surface area contributed by atoms with E-state index >= 15 is 0 Å². The van der Waals surface area contributed by atoms with Crippen LogP contribution in [0.25, 0.3) is 0 Å². The quantitative estimate of drug-likeness (QED) is 0.764. The van der Waals surface area contributed by atoms with Gasteiger partial charge in [-0.15, -0.1) is 0 Å². The van der Waals surface area contributed by atoms with E-state index in [1.807, 2.05) is 19.9 Å². The van der Waals surface area contributed by atoms with Crippen molar-refractivity contribution in [1.29, 1.82) is 5.26 Å². The van der Waals surface area contributed by atoms with Crippen LogP contribution in [-0.2, 0) is 0 Å². The number of hydrogen-bond acceptors (Lipinski definition) is 3. The third kappa shape index (κ3) is 3.48. The summed E-state index contributed by atoms with van der Waals surface area (Å²) in [7, 11) is 0. The maximum absolute atomic E-state index is 11.3. The molecule has 4 heteroatoms. The first kappa shape index (κ1) is 14.5. The molecule has 0 aromatic heterocycles. The number of Topliss-reactive ketones (excluding diaryl/α,β-unsaturated/α-hetero) is 1. The van der Waals surface area contributed by atoms with E-state index in [1.165, 1.54) is 6.92 Å². The number of rotatable bonds is 5. The highest BCUT2D eigenvalue weighted by molar-refractivity contribution is 6.34. The first-order valence-electron chi connectivity index (χ1n) is 5.94. The molecule has 0 aliphatic heterocycles. The molecular formula is C14H17ClN2O. The van der Waals surface area contributed by atoms with Crippen molar-refractivity contribution in [2.45, 2.75) is 20.8 Å². The molecule has 0 fully saturated rings. The van der Waals surface area contributed by atoms with E-state index in [2.05, 4.69) is 11.0 Å². The predicted molar refractivity (Wildman–Crippen MR) is 74.1 cm³/mol. The maximum atomic E-state index is 11.3. The SMILES string of the molecule is CCN(CC(C)C#N)c1ccc(C(C)=O)c(Cl)c1. The Morgan fingerprint density at radius 1 is 1.56 bits per heavy atom. The molecule has 0 heterocycles. The number of ketones is 1. The lowest BCUT2D eigenvalue weighted by molar-refractivity contribution is 0.101. The second kappa shape index (κ2) is 6.42. The molecule has 1 aromatic carbocycles. The largest absolute Gasteiger partial charge is 0.370 e. The van der Waals surface area contributed by atoms with Crippen molar-refractivity contribution in [2.75, 3.05) is 18.0 Å². The molecule has 0 amide bonds. The average molecular weight is 265 g/mol. The van der Waals surface area contributed by atoms with Gasteiger partial charge in [-0.05, 0) is 39.0 Å². The summed E-state index contributed by atoms with van der Waals surface area (Å²) in [4.78, 5) is 13.4. The summed E-state index contributed by atoms with van der Waals surface area (Å²) in [5.41, 5.74) is 1.47.